The van der Waals surface area contributed by atoms with Gasteiger partial charge >= 0.3 is 0 Å². The van der Waals surface area contributed by atoms with Crippen molar-refractivity contribution in [1.82, 2.24) is 10.8 Å². The molecule has 1 saturated heterocycles. The Morgan fingerprint density at radius 1 is 1.44 bits per heavy atom. The van der Waals surface area contributed by atoms with Gasteiger partial charge in [0.1, 0.15) is 6.04 Å². The number of carbonyl (C=O) groups excluding carboxylic acids is 1. The van der Waals surface area contributed by atoms with Crippen LogP contribution in [0.2, 0.25) is 0 Å². The van der Waals surface area contributed by atoms with Crippen LogP contribution in [0, 0.1) is 0 Å². The zero-order chi connectivity index (χ0) is 11.4. The number of rotatable bonds is 2. The average Bonchev–Trinajstić information content (AvgIpc) is 2.39. The van der Waals surface area contributed by atoms with E-state index in [1.165, 1.54) is 0 Å². The first kappa shape index (κ1) is 10.9. The van der Waals surface area contributed by atoms with Crippen molar-refractivity contribution >= 4 is 11.6 Å². The van der Waals surface area contributed by atoms with Crippen LogP contribution in [0.25, 0.3) is 0 Å². The lowest BCUT2D eigenvalue weighted by atomic mass is 10.1. The molecule has 16 heavy (non-hydrogen) atoms. The van der Waals surface area contributed by atoms with E-state index < -0.39 is 0 Å². The molecule has 0 aliphatic carbocycles. The molecule has 1 fully saturated rings. The summed E-state index contributed by atoms with van der Waals surface area (Å²) in [5.41, 5.74) is 2.71. The van der Waals surface area contributed by atoms with Gasteiger partial charge < -0.3 is 10.2 Å². The monoisotopic (exact) mass is 221 g/mol. The Balaban J connectivity index is 2.20. The summed E-state index contributed by atoms with van der Waals surface area (Å²) in [5.74, 6) is -0.379. The van der Waals surface area contributed by atoms with Crippen molar-refractivity contribution in [2.24, 2.45) is 0 Å². The molecule has 0 spiro atoms. The Kier molecular flexibility index (Phi) is 3.38. The number of anilines is 1. The zero-order valence-electron chi connectivity index (χ0n) is 8.89. The highest BCUT2D eigenvalue weighted by Gasteiger charge is 2.28. The normalized spacial score (nSPS) is 20.6. The van der Waals surface area contributed by atoms with E-state index in [0.717, 1.165) is 18.8 Å². The number of hydrogen-bond acceptors (Lipinski definition) is 4. The molecule has 0 aromatic heterocycles. The Labute approximate surface area is 94.0 Å². The molecule has 5 nitrogen and oxygen atoms in total. The van der Waals surface area contributed by atoms with Gasteiger partial charge in [0.25, 0.3) is 5.91 Å². The number of amides is 1. The zero-order valence-corrected chi connectivity index (χ0v) is 8.89. The molecule has 0 radical (unpaired) electrons. The number of hydroxylamine groups is 1. The van der Waals surface area contributed by atoms with Crippen molar-refractivity contribution in [3.63, 3.8) is 0 Å². The van der Waals surface area contributed by atoms with Crippen molar-refractivity contribution in [3.8, 4) is 0 Å². The first-order chi connectivity index (χ1) is 7.83. The molecule has 1 amide bonds. The van der Waals surface area contributed by atoms with Crippen LogP contribution in [-0.4, -0.2) is 36.8 Å². The Bertz CT molecular complexity index is 356. The molecule has 1 aromatic rings. The minimum Gasteiger partial charge on any atom is -0.357 e. The third kappa shape index (κ3) is 2.15. The first-order valence-corrected chi connectivity index (χ1v) is 5.29. The van der Waals surface area contributed by atoms with Gasteiger partial charge in [0, 0.05) is 25.3 Å². The van der Waals surface area contributed by atoms with Crippen LogP contribution in [0.3, 0.4) is 0 Å². The highest BCUT2D eigenvalue weighted by atomic mass is 16.5. The predicted molar refractivity (Wildman–Crippen MR) is 60.4 cm³/mol. The summed E-state index contributed by atoms with van der Waals surface area (Å²) < 4.78 is 0. The quantitative estimate of drug-likeness (QED) is 0.485. The smallest absolute Gasteiger partial charge is 0.267 e. The van der Waals surface area contributed by atoms with Crippen molar-refractivity contribution in [2.45, 2.75) is 6.04 Å². The van der Waals surface area contributed by atoms with Crippen LogP contribution < -0.4 is 15.7 Å². The van der Waals surface area contributed by atoms with Gasteiger partial charge in [-0.1, -0.05) is 18.2 Å². The number of nitrogens with one attached hydrogen (secondary N) is 2. The number of benzene rings is 1. The molecule has 0 saturated carbocycles. The van der Waals surface area contributed by atoms with E-state index in [1.807, 2.05) is 35.2 Å². The summed E-state index contributed by atoms with van der Waals surface area (Å²) in [5, 5.41) is 11.8. The van der Waals surface area contributed by atoms with Gasteiger partial charge in [0.2, 0.25) is 0 Å². The van der Waals surface area contributed by atoms with E-state index in [0.29, 0.717) is 6.54 Å². The second kappa shape index (κ2) is 4.96. The lowest BCUT2D eigenvalue weighted by Crippen LogP contribution is -2.57. The summed E-state index contributed by atoms with van der Waals surface area (Å²) in [7, 11) is 0. The van der Waals surface area contributed by atoms with Crippen LogP contribution in [-0.2, 0) is 4.79 Å². The summed E-state index contributed by atoms with van der Waals surface area (Å²) in [6.07, 6.45) is 0. The molecule has 0 bridgehead atoms. The predicted octanol–water partition coefficient (Wildman–Crippen LogP) is -0.0298. The van der Waals surface area contributed by atoms with Crippen molar-refractivity contribution in [2.75, 3.05) is 24.5 Å². The van der Waals surface area contributed by atoms with Gasteiger partial charge in [-0.2, -0.15) is 0 Å². The van der Waals surface area contributed by atoms with Crippen molar-refractivity contribution in [1.29, 1.82) is 0 Å². The average molecular weight is 221 g/mol. The Morgan fingerprint density at radius 2 is 2.19 bits per heavy atom. The molecule has 3 N–H and O–H groups in total. The van der Waals surface area contributed by atoms with Crippen LogP contribution in [0.5, 0.6) is 0 Å². The van der Waals surface area contributed by atoms with Gasteiger partial charge in [-0.25, -0.2) is 5.48 Å². The highest BCUT2D eigenvalue weighted by Crippen LogP contribution is 2.17. The van der Waals surface area contributed by atoms with Crippen LogP contribution in [0.4, 0.5) is 5.69 Å². The van der Waals surface area contributed by atoms with Gasteiger partial charge in [0.05, 0.1) is 0 Å². The minimum absolute atomic E-state index is 0.360. The van der Waals surface area contributed by atoms with Gasteiger partial charge in [-0.05, 0) is 12.1 Å². The molecule has 1 atom stereocenters. The maximum Gasteiger partial charge on any atom is 0.267 e. The third-order valence-electron chi connectivity index (χ3n) is 2.74. The van der Waals surface area contributed by atoms with E-state index >= 15 is 0 Å². The maximum absolute atomic E-state index is 11.5. The van der Waals surface area contributed by atoms with E-state index in [-0.39, 0.29) is 11.9 Å². The molecule has 86 valence electrons. The van der Waals surface area contributed by atoms with E-state index in [4.69, 9.17) is 5.21 Å². The fraction of sp³-hybridized carbons (Fsp3) is 0.364. The second-order valence-electron chi connectivity index (χ2n) is 3.72. The molecule has 1 aromatic carbocycles. The SMILES string of the molecule is O=C(NO)C1CNCCN1c1ccccc1. The van der Waals surface area contributed by atoms with Gasteiger partial charge in [-0.3, -0.25) is 10.0 Å². The molecule has 1 unspecified atom stereocenters. The van der Waals surface area contributed by atoms with E-state index in [1.54, 1.807) is 5.48 Å². The second-order valence-corrected chi connectivity index (χ2v) is 3.72. The first-order valence-electron chi connectivity index (χ1n) is 5.29. The summed E-state index contributed by atoms with van der Waals surface area (Å²) >= 11 is 0. The number of carbonyl (C=O) groups is 1. The van der Waals surface area contributed by atoms with Crippen molar-refractivity contribution in [3.05, 3.63) is 30.3 Å². The standard InChI is InChI=1S/C11H15N3O2/c15-11(13-16)10-8-12-6-7-14(10)9-4-2-1-3-5-9/h1-5,10,12,16H,6-8H2,(H,13,15). The molecule has 1 aliphatic rings. The molecule has 5 heteroatoms. The molecule has 2 rings (SSSR count). The Morgan fingerprint density at radius 3 is 2.88 bits per heavy atom. The fourth-order valence-electron chi connectivity index (χ4n) is 1.94. The van der Waals surface area contributed by atoms with E-state index in [2.05, 4.69) is 5.32 Å². The fourth-order valence-corrected chi connectivity index (χ4v) is 1.94. The van der Waals surface area contributed by atoms with Gasteiger partial charge in [-0.15, -0.1) is 0 Å². The van der Waals surface area contributed by atoms with Crippen LogP contribution >= 0.6 is 0 Å². The number of piperazine rings is 1. The highest BCUT2D eigenvalue weighted by molar-refractivity contribution is 5.84. The number of para-hydroxylation sites is 1. The summed E-state index contributed by atoms with van der Waals surface area (Å²) in [6, 6.07) is 9.37. The summed E-state index contributed by atoms with van der Waals surface area (Å²) in [4.78, 5) is 13.5. The third-order valence-corrected chi connectivity index (χ3v) is 2.74. The lowest BCUT2D eigenvalue weighted by molar-refractivity contribution is -0.130. The van der Waals surface area contributed by atoms with Gasteiger partial charge in [0.15, 0.2) is 0 Å². The Hall–Kier alpha value is -1.59. The molecular weight excluding hydrogens is 206 g/mol. The number of hydrogen-bond donors (Lipinski definition) is 3. The number of nitrogens with zero attached hydrogens (tertiary/aromatic N) is 1. The molecule has 1 heterocycles. The lowest BCUT2D eigenvalue weighted by Gasteiger charge is -2.36. The van der Waals surface area contributed by atoms with Crippen LogP contribution in [0.15, 0.2) is 30.3 Å². The largest absolute Gasteiger partial charge is 0.357 e. The topological polar surface area (TPSA) is 64.6 Å². The maximum atomic E-state index is 11.5. The van der Waals surface area contributed by atoms with E-state index in [9.17, 15) is 4.79 Å². The van der Waals surface area contributed by atoms with Crippen LogP contribution in [0.1, 0.15) is 0 Å². The summed E-state index contributed by atoms with van der Waals surface area (Å²) in [6.45, 7) is 2.13. The molecular formula is C11H15N3O2. The van der Waals surface area contributed by atoms with Crippen molar-refractivity contribution < 1.29 is 10.0 Å². The molecule has 1 aliphatic heterocycles. The minimum atomic E-state index is -0.379.